The van der Waals surface area contributed by atoms with Crippen molar-refractivity contribution in [2.75, 3.05) is 26.8 Å². The fourth-order valence-corrected chi connectivity index (χ4v) is 1.85. The monoisotopic (exact) mass is 395 g/mol. The Morgan fingerprint density at radius 1 is 1.35 bits per heavy atom. The standard InChI is InChI=1S/C13H25N5O.HI/c1-6-19-8-7-15-13(14-4)16-9-12-10(2)17-18(5)11(12)3;/h6-9H2,1-5H3,(H2,14,15,16);1H. The molecule has 0 unspecified atom stereocenters. The number of guanidine groups is 1. The summed E-state index contributed by atoms with van der Waals surface area (Å²) < 4.78 is 7.17. The number of rotatable bonds is 6. The lowest BCUT2D eigenvalue weighted by Gasteiger charge is -2.12. The molecule has 1 heterocycles. The van der Waals surface area contributed by atoms with E-state index in [-0.39, 0.29) is 24.0 Å². The number of halogens is 1. The normalized spacial score (nSPS) is 11.2. The van der Waals surface area contributed by atoms with Crippen molar-refractivity contribution >= 4 is 29.9 Å². The van der Waals surface area contributed by atoms with Crippen LogP contribution in [0.4, 0.5) is 0 Å². The van der Waals surface area contributed by atoms with Crippen LogP contribution in [0.5, 0.6) is 0 Å². The minimum absolute atomic E-state index is 0. The predicted octanol–water partition coefficient (Wildman–Crippen LogP) is 1.36. The van der Waals surface area contributed by atoms with E-state index in [9.17, 15) is 0 Å². The second kappa shape index (κ2) is 9.98. The van der Waals surface area contributed by atoms with Crippen molar-refractivity contribution in [2.45, 2.75) is 27.3 Å². The van der Waals surface area contributed by atoms with Crippen molar-refractivity contribution in [1.82, 2.24) is 20.4 Å². The molecule has 0 amide bonds. The van der Waals surface area contributed by atoms with E-state index in [4.69, 9.17) is 4.74 Å². The van der Waals surface area contributed by atoms with Gasteiger partial charge in [-0.15, -0.1) is 24.0 Å². The Morgan fingerprint density at radius 2 is 2.05 bits per heavy atom. The predicted molar refractivity (Wildman–Crippen MR) is 92.8 cm³/mol. The van der Waals surface area contributed by atoms with Gasteiger partial charge >= 0.3 is 0 Å². The van der Waals surface area contributed by atoms with Crippen LogP contribution in [0.1, 0.15) is 23.9 Å². The summed E-state index contributed by atoms with van der Waals surface area (Å²) in [6, 6.07) is 0. The van der Waals surface area contributed by atoms with E-state index in [0.29, 0.717) is 6.61 Å². The fourth-order valence-electron chi connectivity index (χ4n) is 1.85. The Labute approximate surface area is 138 Å². The van der Waals surface area contributed by atoms with Gasteiger partial charge in [0.15, 0.2) is 5.96 Å². The van der Waals surface area contributed by atoms with Crippen LogP contribution in [-0.2, 0) is 18.3 Å². The summed E-state index contributed by atoms with van der Waals surface area (Å²) in [6.45, 7) is 8.97. The molecule has 0 bridgehead atoms. The zero-order valence-corrected chi connectivity index (χ0v) is 15.3. The van der Waals surface area contributed by atoms with E-state index >= 15 is 0 Å². The molecule has 2 N–H and O–H groups in total. The van der Waals surface area contributed by atoms with Gasteiger partial charge < -0.3 is 15.4 Å². The third-order valence-corrected chi connectivity index (χ3v) is 3.06. The van der Waals surface area contributed by atoms with Crippen LogP contribution >= 0.6 is 24.0 Å². The molecule has 0 radical (unpaired) electrons. The van der Waals surface area contributed by atoms with Crippen LogP contribution < -0.4 is 10.6 Å². The first-order valence-electron chi connectivity index (χ1n) is 6.61. The molecular formula is C13H26IN5O. The van der Waals surface area contributed by atoms with Gasteiger partial charge in [0.05, 0.1) is 12.3 Å². The molecule has 0 fully saturated rings. The molecule has 7 heteroatoms. The first kappa shape index (κ1) is 19.2. The number of aromatic nitrogens is 2. The molecule has 6 nitrogen and oxygen atoms in total. The van der Waals surface area contributed by atoms with Crippen molar-refractivity contribution in [3.8, 4) is 0 Å². The molecule has 0 aliphatic rings. The summed E-state index contributed by atoms with van der Waals surface area (Å²) >= 11 is 0. The third kappa shape index (κ3) is 5.66. The van der Waals surface area contributed by atoms with E-state index in [0.717, 1.165) is 31.3 Å². The van der Waals surface area contributed by atoms with Gasteiger partial charge in [-0.3, -0.25) is 9.67 Å². The topological polar surface area (TPSA) is 63.5 Å². The highest BCUT2D eigenvalue weighted by molar-refractivity contribution is 14.0. The van der Waals surface area contributed by atoms with Gasteiger partial charge in [-0.2, -0.15) is 5.10 Å². The lowest BCUT2D eigenvalue weighted by Crippen LogP contribution is -2.38. The van der Waals surface area contributed by atoms with Gasteiger partial charge in [0, 0.05) is 45.0 Å². The van der Waals surface area contributed by atoms with Gasteiger partial charge in [-0.05, 0) is 20.8 Å². The minimum atomic E-state index is 0. The highest BCUT2D eigenvalue weighted by atomic mass is 127. The molecule has 0 aliphatic carbocycles. The molecule has 1 aromatic rings. The second-order valence-corrected chi connectivity index (χ2v) is 4.32. The number of hydrogen-bond donors (Lipinski definition) is 2. The SMILES string of the molecule is CCOCCNC(=NC)NCc1c(C)nn(C)c1C.I. The Morgan fingerprint density at radius 3 is 2.55 bits per heavy atom. The van der Waals surface area contributed by atoms with Gasteiger partial charge in [-0.1, -0.05) is 0 Å². The van der Waals surface area contributed by atoms with E-state index < -0.39 is 0 Å². The number of nitrogens with zero attached hydrogens (tertiary/aromatic N) is 3. The van der Waals surface area contributed by atoms with Crippen molar-refractivity contribution < 1.29 is 4.74 Å². The largest absolute Gasteiger partial charge is 0.380 e. The van der Waals surface area contributed by atoms with E-state index in [1.165, 1.54) is 11.3 Å². The molecule has 0 spiro atoms. The number of nitrogens with one attached hydrogen (secondary N) is 2. The molecule has 116 valence electrons. The minimum Gasteiger partial charge on any atom is -0.380 e. The van der Waals surface area contributed by atoms with Crippen molar-refractivity contribution in [1.29, 1.82) is 0 Å². The number of hydrogen-bond acceptors (Lipinski definition) is 3. The molecule has 0 aliphatic heterocycles. The van der Waals surface area contributed by atoms with Gasteiger partial charge in [0.2, 0.25) is 0 Å². The molecule has 1 aromatic heterocycles. The summed E-state index contributed by atoms with van der Waals surface area (Å²) in [5.74, 6) is 0.780. The van der Waals surface area contributed by atoms with Gasteiger partial charge in [0.25, 0.3) is 0 Å². The smallest absolute Gasteiger partial charge is 0.191 e. The molecule has 20 heavy (non-hydrogen) atoms. The Kier molecular flexibility index (Phi) is 9.56. The first-order valence-corrected chi connectivity index (χ1v) is 6.61. The highest BCUT2D eigenvalue weighted by Crippen LogP contribution is 2.10. The summed E-state index contributed by atoms with van der Waals surface area (Å²) in [6.07, 6.45) is 0. The molecule has 0 saturated heterocycles. The van der Waals surface area contributed by atoms with Crippen LogP contribution in [-0.4, -0.2) is 42.5 Å². The molecule has 0 saturated carbocycles. The third-order valence-electron chi connectivity index (χ3n) is 3.06. The Balaban J connectivity index is 0.00000361. The summed E-state index contributed by atoms with van der Waals surface area (Å²) in [5, 5.41) is 10.9. The summed E-state index contributed by atoms with van der Waals surface area (Å²) in [4.78, 5) is 4.18. The van der Waals surface area contributed by atoms with Crippen LogP contribution in [0.15, 0.2) is 4.99 Å². The fraction of sp³-hybridized carbons (Fsp3) is 0.692. The average molecular weight is 395 g/mol. The van der Waals surface area contributed by atoms with Crippen LogP contribution in [0, 0.1) is 13.8 Å². The van der Waals surface area contributed by atoms with Crippen LogP contribution in [0.3, 0.4) is 0 Å². The molecule has 0 atom stereocenters. The zero-order chi connectivity index (χ0) is 14.3. The maximum atomic E-state index is 5.27. The lowest BCUT2D eigenvalue weighted by molar-refractivity contribution is 0.152. The van der Waals surface area contributed by atoms with Gasteiger partial charge in [0.1, 0.15) is 0 Å². The number of ether oxygens (including phenoxy) is 1. The van der Waals surface area contributed by atoms with E-state index in [2.05, 4.69) is 27.6 Å². The molecule has 0 aromatic carbocycles. The van der Waals surface area contributed by atoms with Crippen molar-refractivity contribution in [3.63, 3.8) is 0 Å². The van der Waals surface area contributed by atoms with Crippen LogP contribution in [0.2, 0.25) is 0 Å². The second-order valence-electron chi connectivity index (χ2n) is 4.32. The van der Waals surface area contributed by atoms with Crippen molar-refractivity contribution in [2.24, 2.45) is 12.0 Å². The maximum Gasteiger partial charge on any atom is 0.191 e. The van der Waals surface area contributed by atoms with E-state index in [1.807, 2.05) is 25.6 Å². The summed E-state index contributed by atoms with van der Waals surface area (Å²) in [7, 11) is 3.72. The molecule has 1 rings (SSSR count). The van der Waals surface area contributed by atoms with E-state index in [1.54, 1.807) is 7.05 Å². The Hall–Kier alpha value is -0.830. The van der Waals surface area contributed by atoms with Crippen LogP contribution in [0.25, 0.3) is 0 Å². The maximum absolute atomic E-state index is 5.27. The number of aliphatic imine (C=N–C) groups is 1. The quantitative estimate of drug-likeness (QED) is 0.331. The Bertz CT molecular complexity index is 431. The lowest BCUT2D eigenvalue weighted by atomic mass is 10.2. The van der Waals surface area contributed by atoms with Crippen molar-refractivity contribution in [3.05, 3.63) is 17.0 Å². The molecular weight excluding hydrogens is 369 g/mol. The average Bonchev–Trinajstić information content (AvgIpc) is 2.63. The zero-order valence-electron chi connectivity index (χ0n) is 13.0. The number of aryl methyl sites for hydroxylation is 2. The first-order chi connectivity index (χ1) is 9.10. The summed E-state index contributed by atoms with van der Waals surface area (Å²) in [5.41, 5.74) is 3.45. The highest BCUT2D eigenvalue weighted by Gasteiger charge is 2.09. The van der Waals surface area contributed by atoms with Gasteiger partial charge in [-0.25, -0.2) is 0 Å².